The predicted molar refractivity (Wildman–Crippen MR) is 154 cm³/mol. The van der Waals surface area contributed by atoms with Crippen LogP contribution in [0.3, 0.4) is 0 Å². The number of nitrogens with two attached hydrogens (primary N) is 1. The lowest BCUT2D eigenvalue weighted by molar-refractivity contribution is 0.0696. The van der Waals surface area contributed by atoms with Crippen LogP contribution in [0.2, 0.25) is 5.02 Å². The Bertz CT molecular complexity index is 1570. The number of aromatic carboxylic acids is 1. The molecule has 1 aliphatic heterocycles. The molecule has 0 aromatic heterocycles. The van der Waals surface area contributed by atoms with Crippen LogP contribution in [0.4, 0.5) is 0 Å². The molecular weight excluding hydrogens is 528 g/mol. The highest BCUT2D eigenvalue weighted by Gasteiger charge is 2.31. The van der Waals surface area contributed by atoms with Gasteiger partial charge in [-0.1, -0.05) is 66.2 Å². The third-order valence-corrected chi connectivity index (χ3v) is 6.70. The Morgan fingerprint density at radius 3 is 2.23 bits per heavy atom. The van der Waals surface area contributed by atoms with E-state index in [1.54, 1.807) is 41.4 Å². The highest BCUT2D eigenvalue weighted by molar-refractivity contribution is 6.30. The van der Waals surface area contributed by atoms with Gasteiger partial charge >= 0.3 is 5.97 Å². The van der Waals surface area contributed by atoms with Crippen LogP contribution in [0.1, 0.15) is 43.3 Å². The molecule has 40 heavy (non-hydrogen) atoms. The second-order valence-electron chi connectivity index (χ2n) is 9.13. The first-order valence-electron chi connectivity index (χ1n) is 12.5. The van der Waals surface area contributed by atoms with Gasteiger partial charge < -0.3 is 15.6 Å². The van der Waals surface area contributed by atoms with Crippen molar-refractivity contribution >= 4 is 35.1 Å². The molecule has 8 nitrogen and oxygen atoms in total. The number of halogens is 1. The minimum Gasteiger partial charge on any atom is -0.489 e. The van der Waals surface area contributed by atoms with E-state index in [1.165, 1.54) is 12.1 Å². The molecular formula is C31H25ClN4O4. The van der Waals surface area contributed by atoms with Crippen LogP contribution < -0.4 is 10.5 Å². The number of benzene rings is 4. The van der Waals surface area contributed by atoms with Gasteiger partial charge in [-0.05, 0) is 65.2 Å². The Kier molecular flexibility index (Phi) is 7.89. The van der Waals surface area contributed by atoms with Crippen molar-refractivity contribution < 1.29 is 19.4 Å². The fourth-order valence-electron chi connectivity index (χ4n) is 4.30. The summed E-state index contributed by atoms with van der Waals surface area (Å²) in [5.41, 5.74) is 10.4. The molecule has 0 radical (unpaired) electrons. The number of ether oxygens (including phenoxy) is 1. The number of guanidine groups is 1. The highest BCUT2D eigenvalue weighted by atomic mass is 35.5. The minimum atomic E-state index is -0.981. The van der Waals surface area contributed by atoms with Crippen LogP contribution in [-0.4, -0.2) is 40.2 Å². The van der Waals surface area contributed by atoms with Crippen molar-refractivity contribution in [3.8, 4) is 5.75 Å². The summed E-state index contributed by atoms with van der Waals surface area (Å²) in [6, 6.07) is 30.4. The summed E-state index contributed by atoms with van der Waals surface area (Å²) in [7, 11) is 0. The first kappa shape index (κ1) is 26.6. The van der Waals surface area contributed by atoms with Gasteiger partial charge in [0.15, 0.2) is 0 Å². The molecule has 3 N–H and O–H groups in total. The predicted octanol–water partition coefficient (Wildman–Crippen LogP) is 5.58. The van der Waals surface area contributed by atoms with Gasteiger partial charge in [0.1, 0.15) is 12.4 Å². The fraction of sp³-hybridized carbons (Fsp3) is 0.0968. The molecule has 9 heteroatoms. The maximum absolute atomic E-state index is 12.9. The topological polar surface area (TPSA) is 118 Å². The lowest BCUT2D eigenvalue weighted by atomic mass is 9.91. The van der Waals surface area contributed by atoms with Crippen LogP contribution >= 0.6 is 11.6 Å². The number of rotatable bonds is 7. The van der Waals surface area contributed by atoms with Crippen LogP contribution in [0.25, 0.3) is 0 Å². The van der Waals surface area contributed by atoms with Gasteiger partial charge in [0.25, 0.3) is 5.91 Å². The first-order chi connectivity index (χ1) is 19.4. The third-order valence-electron chi connectivity index (χ3n) is 6.44. The zero-order valence-corrected chi connectivity index (χ0v) is 22.0. The molecule has 1 amide bonds. The highest BCUT2D eigenvalue weighted by Crippen LogP contribution is 2.29. The van der Waals surface area contributed by atoms with Crippen LogP contribution in [0.15, 0.2) is 113 Å². The Balaban J connectivity index is 1.27. The second kappa shape index (κ2) is 11.8. The van der Waals surface area contributed by atoms with Crippen molar-refractivity contribution in [3.05, 3.63) is 136 Å². The van der Waals surface area contributed by atoms with Gasteiger partial charge in [-0.15, -0.1) is 0 Å². The standard InChI is InChI=1S/C31H25ClN4O4/c32-25-14-10-22(11-15-25)28-27(21-4-2-1-3-5-21)18-36(35-28)31(33)34-29(37)23-12-16-26(17-13-23)40-19-20-6-8-24(9-7-20)30(38)39/h1-17,27H,18-19H2,(H,38,39)(H2,33,34,37). The molecule has 1 atom stereocenters. The lowest BCUT2D eigenvalue weighted by Gasteiger charge is -2.15. The number of hydrogen-bond acceptors (Lipinski definition) is 4. The molecule has 200 valence electrons. The van der Waals surface area contributed by atoms with E-state index in [2.05, 4.69) is 4.99 Å². The zero-order chi connectivity index (χ0) is 28.1. The van der Waals surface area contributed by atoms with Crippen LogP contribution in [-0.2, 0) is 6.61 Å². The summed E-state index contributed by atoms with van der Waals surface area (Å²) in [6.07, 6.45) is 0. The maximum Gasteiger partial charge on any atom is 0.335 e. The van der Waals surface area contributed by atoms with Crippen molar-refractivity contribution in [2.24, 2.45) is 15.8 Å². The monoisotopic (exact) mass is 552 g/mol. The molecule has 0 bridgehead atoms. The summed E-state index contributed by atoms with van der Waals surface area (Å²) in [5.74, 6) is -0.994. The number of carbonyl (C=O) groups excluding carboxylic acids is 1. The number of nitrogens with zero attached hydrogens (tertiary/aromatic N) is 3. The van der Waals surface area contributed by atoms with E-state index in [0.29, 0.717) is 22.9 Å². The molecule has 1 heterocycles. The van der Waals surface area contributed by atoms with Crippen molar-refractivity contribution in [3.63, 3.8) is 0 Å². The van der Waals surface area contributed by atoms with E-state index in [4.69, 9.17) is 32.3 Å². The van der Waals surface area contributed by atoms with Gasteiger partial charge in [0.2, 0.25) is 5.96 Å². The Morgan fingerprint density at radius 2 is 1.57 bits per heavy atom. The molecule has 0 saturated carbocycles. The summed E-state index contributed by atoms with van der Waals surface area (Å²) in [5, 5.41) is 15.9. The molecule has 5 rings (SSSR count). The Labute approximate surface area is 236 Å². The van der Waals surface area contributed by atoms with Gasteiger partial charge in [-0.3, -0.25) is 4.79 Å². The summed E-state index contributed by atoms with van der Waals surface area (Å²) in [6.45, 7) is 0.689. The van der Waals surface area contributed by atoms with Gasteiger partial charge in [0, 0.05) is 16.5 Å². The maximum atomic E-state index is 12.9. The van der Waals surface area contributed by atoms with E-state index in [1.807, 2.05) is 54.6 Å². The lowest BCUT2D eigenvalue weighted by Crippen LogP contribution is -2.33. The zero-order valence-electron chi connectivity index (χ0n) is 21.3. The molecule has 0 spiro atoms. The van der Waals surface area contributed by atoms with Gasteiger partial charge in [-0.25, -0.2) is 9.80 Å². The number of hydrogen-bond donors (Lipinski definition) is 2. The molecule has 1 unspecified atom stereocenters. The number of aliphatic imine (C=N–C) groups is 1. The van der Waals surface area contributed by atoms with Gasteiger partial charge in [0.05, 0.1) is 17.8 Å². The SMILES string of the molecule is NC(=NC(=O)c1ccc(OCc2ccc(C(=O)O)cc2)cc1)N1CC(c2ccccc2)C(c2ccc(Cl)cc2)=N1. The molecule has 0 fully saturated rings. The largest absolute Gasteiger partial charge is 0.489 e. The Hall–Kier alpha value is -4.95. The van der Waals surface area contributed by atoms with E-state index >= 15 is 0 Å². The minimum absolute atomic E-state index is 0.0000268. The van der Waals surface area contributed by atoms with E-state index in [-0.39, 0.29) is 24.0 Å². The third kappa shape index (κ3) is 6.19. The second-order valence-corrected chi connectivity index (χ2v) is 9.56. The molecule has 4 aromatic carbocycles. The molecule has 1 aliphatic rings. The smallest absolute Gasteiger partial charge is 0.335 e. The van der Waals surface area contributed by atoms with Gasteiger partial charge in [-0.2, -0.15) is 10.1 Å². The Morgan fingerprint density at radius 1 is 0.925 bits per heavy atom. The average molecular weight is 553 g/mol. The molecule has 0 aliphatic carbocycles. The normalized spacial score (nSPS) is 15.0. The van der Waals surface area contributed by atoms with E-state index < -0.39 is 11.9 Å². The number of carboxylic acids is 1. The van der Waals surface area contributed by atoms with Crippen molar-refractivity contribution in [2.45, 2.75) is 12.5 Å². The van der Waals surface area contributed by atoms with Crippen molar-refractivity contribution in [2.75, 3.05) is 6.54 Å². The number of hydrazone groups is 1. The fourth-order valence-corrected chi connectivity index (χ4v) is 4.43. The molecule has 0 saturated heterocycles. The van der Waals surface area contributed by atoms with Crippen molar-refractivity contribution in [1.29, 1.82) is 0 Å². The quantitative estimate of drug-likeness (QED) is 0.228. The number of carboxylic acid groups (broad SMARTS) is 1. The summed E-state index contributed by atoms with van der Waals surface area (Å²) in [4.78, 5) is 28.0. The first-order valence-corrected chi connectivity index (χ1v) is 12.9. The summed E-state index contributed by atoms with van der Waals surface area (Å²) < 4.78 is 5.75. The number of carbonyl (C=O) groups is 2. The average Bonchev–Trinajstić information content (AvgIpc) is 3.43. The van der Waals surface area contributed by atoms with E-state index in [9.17, 15) is 9.59 Å². The summed E-state index contributed by atoms with van der Waals surface area (Å²) >= 11 is 6.08. The number of amides is 1. The molecule has 4 aromatic rings. The van der Waals surface area contributed by atoms with Crippen molar-refractivity contribution in [1.82, 2.24) is 5.01 Å². The van der Waals surface area contributed by atoms with Crippen LogP contribution in [0, 0.1) is 0 Å². The van der Waals surface area contributed by atoms with E-state index in [0.717, 1.165) is 22.4 Å². The van der Waals surface area contributed by atoms with Crippen LogP contribution in [0.5, 0.6) is 5.75 Å².